The van der Waals surface area contributed by atoms with Crippen LogP contribution in [0.3, 0.4) is 0 Å². The van der Waals surface area contributed by atoms with Crippen LogP contribution in [-0.4, -0.2) is 37.1 Å². The largest absolute Gasteiger partial charge is 0.376 e. The summed E-state index contributed by atoms with van der Waals surface area (Å²) in [6, 6.07) is 7.69. The maximum absolute atomic E-state index is 12.1. The number of likely N-dealkylation sites (N-methyl/N-ethyl adjacent to an activating group) is 1. The molecule has 0 aromatic heterocycles. The van der Waals surface area contributed by atoms with Crippen molar-refractivity contribution in [2.24, 2.45) is 0 Å². The molecule has 3 heteroatoms. The van der Waals surface area contributed by atoms with Gasteiger partial charge in [0.15, 0.2) is 0 Å². The smallest absolute Gasteiger partial charge is 0.253 e. The van der Waals surface area contributed by atoms with Gasteiger partial charge in [0.25, 0.3) is 5.91 Å². The third kappa shape index (κ3) is 3.07. The normalized spacial score (nSPS) is 19.3. The summed E-state index contributed by atoms with van der Waals surface area (Å²) in [7, 11) is 1.84. The summed E-state index contributed by atoms with van der Waals surface area (Å²) < 4.78 is 5.53. The molecule has 1 aliphatic rings. The second-order valence-corrected chi connectivity index (χ2v) is 4.69. The van der Waals surface area contributed by atoms with Crippen LogP contribution >= 0.6 is 0 Å². The highest BCUT2D eigenvalue weighted by atomic mass is 16.5. The maximum Gasteiger partial charge on any atom is 0.253 e. The zero-order valence-corrected chi connectivity index (χ0v) is 10.5. The first-order valence-electron chi connectivity index (χ1n) is 6.10. The Morgan fingerprint density at radius 3 is 2.71 bits per heavy atom. The minimum Gasteiger partial charge on any atom is -0.376 e. The van der Waals surface area contributed by atoms with Crippen LogP contribution in [0.5, 0.6) is 0 Å². The van der Waals surface area contributed by atoms with E-state index in [0.29, 0.717) is 6.54 Å². The van der Waals surface area contributed by atoms with E-state index in [1.807, 2.05) is 38.2 Å². The van der Waals surface area contributed by atoms with Crippen molar-refractivity contribution in [3.8, 4) is 0 Å². The fraction of sp³-hybridized carbons (Fsp3) is 0.500. The number of rotatable bonds is 3. The SMILES string of the molecule is Cc1ccc(C(=O)N(C)CC2CCCO2)cc1. The van der Waals surface area contributed by atoms with E-state index in [1.165, 1.54) is 5.56 Å². The van der Waals surface area contributed by atoms with E-state index in [0.717, 1.165) is 25.0 Å². The molecule has 1 fully saturated rings. The van der Waals surface area contributed by atoms with E-state index in [2.05, 4.69) is 0 Å². The quantitative estimate of drug-likeness (QED) is 0.801. The van der Waals surface area contributed by atoms with Crippen molar-refractivity contribution in [1.29, 1.82) is 0 Å². The van der Waals surface area contributed by atoms with Crippen LogP contribution in [0.15, 0.2) is 24.3 Å². The van der Waals surface area contributed by atoms with Gasteiger partial charge in [0.05, 0.1) is 6.10 Å². The third-order valence-electron chi connectivity index (χ3n) is 3.15. The average molecular weight is 233 g/mol. The van der Waals surface area contributed by atoms with Crippen LogP contribution in [0.1, 0.15) is 28.8 Å². The van der Waals surface area contributed by atoms with Crippen molar-refractivity contribution in [3.05, 3.63) is 35.4 Å². The van der Waals surface area contributed by atoms with Gasteiger partial charge in [-0.05, 0) is 31.9 Å². The Labute approximate surface area is 102 Å². The second-order valence-electron chi connectivity index (χ2n) is 4.69. The molecule has 1 aliphatic heterocycles. The minimum absolute atomic E-state index is 0.0699. The van der Waals surface area contributed by atoms with Gasteiger partial charge in [0.2, 0.25) is 0 Å². The van der Waals surface area contributed by atoms with Crippen LogP contribution in [0.2, 0.25) is 0 Å². The van der Waals surface area contributed by atoms with Gasteiger partial charge >= 0.3 is 0 Å². The predicted molar refractivity (Wildman–Crippen MR) is 67.1 cm³/mol. The molecule has 17 heavy (non-hydrogen) atoms. The molecule has 0 bridgehead atoms. The molecule has 1 aromatic rings. The zero-order chi connectivity index (χ0) is 12.3. The summed E-state index contributed by atoms with van der Waals surface area (Å²) >= 11 is 0. The second kappa shape index (κ2) is 5.32. The maximum atomic E-state index is 12.1. The molecular weight excluding hydrogens is 214 g/mol. The molecule has 92 valence electrons. The van der Waals surface area contributed by atoms with Crippen molar-refractivity contribution in [2.45, 2.75) is 25.9 Å². The number of nitrogens with zero attached hydrogens (tertiary/aromatic N) is 1. The average Bonchev–Trinajstić information content (AvgIpc) is 2.82. The summed E-state index contributed by atoms with van der Waals surface area (Å²) in [5.41, 5.74) is 1.92. The summed E-state index contributed by atoms with van der Waals surface area (Å²) in [6.45, 7) is 3.54. The van der Waals surface area contributed by atoms with E-state index in [-0.39, 0.29) is 12.0 Å². The van der Waals surface area contributed by atoms with Gasteiger partial charge < -0.3 is 9.64 Å². The first-order valence-corrected chi connectivity index (χ1v) is 6.10. The number of carbonyl (C=O) groups is 1. The number of benzene rings is 1. The van der Waals surface area contributed by atoms with Gasteiger partial charge in [-0.15, -0.1) is 0 Å². The van der Waals surface area contributed by atoms with Gasteiger partial charge in [0.1, 0.15) is 0 Å². The number of aryl methyl sites for hydroxylation is 1. The number of ether oxygens (including phenoxy) is 1. The molecule has 1 heterocycles. The van der Waals surface area contributed by atoms with Crippen molar-refractivity contribution in [1.82, 2.24) is 4.90 Å². The van der Waals surface area contributed by atoms with Crippen molar-refractivity contribution < 1.29 is 9.53 Å². The summed E-state index contributed by atoms with van der Waals surface area (Å²) in [5.74, 6) is 0.0699. The number of hydrogen-bond acceptors (Lipinski definition) is 2. The van der Waals surface area contributed by atoms with Crippen molar-refractivity contribution in [3.63, 3.8) is 0 Å². The Hall–Kier alpha value is -1.35. The molecule has 0 spiro atoms. The fourth-order valence-electron chi connectivity index (χ4n) is 2.09. The fourth-order valence-corrected chi connectivity index (χ4v) is 2.09. The lowest BCUT2D eigenvalue weighted by molar-refractivity contribution is 0.0587. The van der Waals surface area contributed by atoms with Crippen LogP contribution in [0.25, 0.3) is 0 Å². The highest BCUT2D eigenvalue weighted by Crippen LogP contribution is 2.14. The Bertz CT molecular complexity index is 380. The van der Waals surface area contributed by atoms with Crippen molar-refractivity contribution in [2.75, 3.05) is 20.2 Å². The zero-order valence-electron chi connectivity index (χ0n) is 10.5. The highest BCUT2D eigenvalue weighted by molar-refractivity contribution is 5.94. The lowest BCUT2D eigenvalue weighted by Crippen LogP contribution is -2.34. The lowest BCUT2D eigenvalue weighted by Gasteiger charge is -2.20. The predicted octanol–water partition coefficient (Wildman–Crippen LogP) is 2.25. The molecule has 0 aliphatic carbocycles. The molecule has 0 saturated carbocycles. The van der Waals surface area contributed by atoms with E-state index in [9.17, 15) is 4.79 Å². The number of carbonyl (C=O) groups excluding carboxylic acids is 1. The van der Waals surface area contributed by atoms with Gasteiger partial charge in [-0.1, -0.05) is 17.7 Å². The Morgan fingerprint density at radius 1 is 1.41 bits per heavy atom. The standard InChI is InChI=1S/C14H19NO2/c1-11-5-7-12(8-6-11)14(16)15(2)10-13-4-3-9-17-13/h5-8,13H,3-4,9-10H2,1-2H3. The molecule has 3 nitrogen and oxygen atoms in total. The topological polar surface area (TPSA) is 29.5 Å². The molecule has 1 saturated heterocycles. The van der Waals surface area contributed by atoms with Gasteiger partial charge in [-0.25, -0.2) is 0 Å². The first-order chi connectivity index (χ1) is 8.16. The highest BCUT2D eigenvalue weighted by Gasteiger charge is 2.20. The molecule has 2 rings (SSSR count). The molecule has 1 atom stereocenters. The van der Waals surface area contributed by atoms with Gasteiger partial charge in [-0.3, -0.25) is 4.79 Å². The Morgan fingerprint density at radius 2 is 2.12 bits per heavy atom. The van der Waals surface area contributed by atoms with Crippen LogP contribution in [-0.2, 0) is 4.74 Å². The van der Waals surface area contributed by atoms with Crippen molar-refractivity contribution >= 4 is 5.91 Å². The van der Waals surface area contributed by atoms with E-state index in [1.54, 1.807) is 4.90 Å². The molecule has 1 amide bonds. The molecule has 0 radical (unpaired) electrons. The summed E-state index contributed by atoms with van der Waals surface area (Å²) in [5, 5.41) is 0. The number of hydrogen-bond donors (Lipinski definition) is 0. The monoisotopic (exact) mass is 233 g/mol. The lowest BCUT2D eigenvalue weighted by atomic mass is 10.1. The van der Waals surface area contributed by atoms with Gasteiger partial charge in [-0.2, -0.15) is 0 Å². The molecular formula is C14H19NO2. The summed E-state index contributed by atoms with van der Waals surface area (Å²) in [4.78, 5) is 13.9. The number of amides is 1. The van der Waals surface area contributed by atoms with Crippen LogP contribution in [0, 0.1) is 6.92 Å². The summed E-state index contributed by atoms with van der Waals surface area (Å²) in [6.07, 6.45) is 2.39. The minimum atomic E-state index is 0.0699. The third-order valence-corrected chi connectivity index (χ3v) is 3.15. The van der Waals surface area contributed by atoms with Crippen LogP contribution < -0.4 is 0 Å². The van der Waals surface area contributed by atoms with E-state index in [4.69, 9.17) is 4.74 Å². The Kier molecular flexibility index (Phi) is 3.79. The molecule has 0 N–H and O–H groups in total. The van der Waals surface area contributed by atoms with E-state index < -0.39 is 0 Å². The Balaban J connectivity index is 1.96. The first kappa shape index (κ1) is 12.1. The van der Waals surface area contributed by atoms with Crippen LogP contribution in [0.4, 0.5) is 0 Å². The molecule has 1 unspecified atom stereocenters. The molecule has 1 aromatic carbocycles. The van der Waals surface area contributed by atoms with Gasteiger partial charge in [0, 0.05) is 25.8 Å². The van der Waals surface area contributed by atoms with E-state index >= 15 is 0 Å².